The second-order valence-electron chi connectivity index (χ2n) is 4.74. The van der Waals surface area contributed by atoms with Gasteiger partial charge in [0.2, 0.25) is 0 Å². The number of hydrogen-bond acceptors (Lipinski definition) is 4. The lowest BCUT2D eigenvalue weighted by atomic mass is 9.94. The maximum Gasteiger partial charge on any atom is 0.272 e. The van der Waals surface area contributed by atoms with Gasteiger partial charge in [-0.3, -0.25) is 20.0 Å². The SMILES string of the molecule is CC(C)[C@H]1C(=O)N(O)[C@H](C(C)C)C(=O)N1O. The molecule has 2 amide bonds. The van der Waals surface area contributed by atoms with E-state index in [1.807, 2.05) is 0 Å². The van der Waals surface area contributed by atoms with E-state index < -0.39 is 23.9 Å². The number of rotatable bonds is 2. The Morgan fingerprint density at radius 1 is 0.875 bits per heavy atom. The molecule has 0 spiro atoms. The van der Waals surface area contributed by atoms with Crippen LogP contribution in [0.3, 0.4) is 0 Å². The lowest BCUT2D eigenvalue weighted by Gasteiger charge is -2.41. The van der Waals surface area contributed by atoms with Gasteiger partial charge in [0.15, 0.2) is 0 Å². The van der Waals surface area contributed by atoms with Crippen LogP contribution in [0.2, 0.25) is 0 Å². The monoisotopic (exact) mass is 230 g/mol. The topological polar surface area (TPSA) is 81.1 Å². The molecule has 92 valence electrons. The highest BCUT2D eigenvalue weighted by Crippen LogP contribution is 2.24. The molecule has 1 aliphatic heterocycles. The van der Waals surface area contributed by atoms with Crippen molar-refractivity contribution in [2.75, 3.05) is 0 Å². The van der Waals surface area contributed by atoms with Gasteiger partial charge >= 0.3 is 0 Å². The number of hydrogen-bond donors (Lipinski definition) is 2. The van der Waals surface area contributed by atoms with Crippen molar-refractivity contribution >= 4 is 11.8 Å². The Kier molecular flexibility index (Phi) is 3.54. The summed E-state index contributed by atoms with van der Waals surface area (Å²) in [6, 6.07) is -2.01. The van der Waals surface area contributed by atoms with Crippen LogP contribution in [0.4, 0.5) is 0 Å². The number of carbonyl (C=O) groups is 2. The Morgan fingerprint density at radius 3 is 1.31 bits per heavy atom. The van der Waals surface area contributed by atoms with Crippen LogP contribution in [0.1, 0.15) is 27.7 Å². The molecular formula is C10H18N2O4. The number of piperazine rings is 1. The Morgan fingerprint density at radius 2 is 1.12 bits per heavy atom. The molecule has 1 aliphatic rings. The van der Waals surface area contributed by atoms with E-state index in [0.29, 0.717) is 10.1 Å². The Hall–Kier alpha value is -1.14. The van der Waals surface area contributed by atoms with E-state index in [9.17, 15) is 20.0 Å². The second kappa shape index (κ2) is 4.39. The van der Waals surface area contributed by atoms with Crippen molar-refractivity contribution in [1.29, 1.82) is 0 Å². The number of nitrogens with zero attached hydrogens (tertiary/aromatic N) is 2. The lowest BCUT2D eigenvalue weighted by molar-refractivity contribution is -0.237. The molecule has 1 fully saturated rings. The lowest BCUT2D eigenvalue weighted by Crippen LogP contribution is -2.65. The van der Waals surface area contributed by atoms with Crippen molar-refractivity contribution < 1.29 is 20.0 Å². The van der Waals surface area contributed by atoms with Crippen molar-refractivity contribution in [2.45, 2.75) is 39.8 Å². The molecule has 1 saturated heterocycles. The van der Waals surface area contributed by atoms with Crippen LogP contribution in [0, 0.1) is 11.8 Å². The fourth-order valence-corrected chi connectivity index (χ4v) is 1.89. The minimum absolute atomic E-state index is 0.260. The van der Waals surface area contributed by atoms with Crippen LogP contribution in [-0.4, -0.2) is 44.4 Å². The van der Waals surface area contributed by atoms with Crippen LogP contribution in [0.15, 0.2) is 0 Å². The Bertz CT molecular complexity index is 273. The maximum absolute atomic E-state index is 11.8. The van der Waals surface area contributed by atoms with E-state index in [0.717, 1.165) is 0 Å². The van der Waals surface area contributed by atoms with Crippen molar-refractivity contribution in [2.24, 2.45) is 11.8 Å². The molecule has 0 aromatic rings. The fourth-order valence-electron chi connectivity index (χ4n) is 1.89. The predicted octanol–water partition coefficient (Wildman–Crippen LogP) is 0.485. The Balaban J connectivity index is 3.04. The van der Waals surface area contributed by atoms with Crippen LogP contribution >= 0.6 is 0 Å². The third-order valence-electron chi connectivity index (χ3n) is 2.75. The molecule has 16 heavy (non-hydrogen) atoms. The summed E-state index contributed by atoms with van der Waals surface area (Å²) in [5, 5.41) is 20.2. The summed E-state index contributed by atoms with van der Waals surface area (Å²) in [6.45, 7) is 6.79. The molecule has 1 rings (SSSR count). The molecule has 6 heteroatoms. The zero-order valence-electron chi connectivity index (χ0n) is 9.91. The molecule has 0 aliphatic carbocycles. The summed E-state index contributed by atoms with van der Waals surface area (Å²) in [5.74, 6) is -1.81. The molecule has 1 heterocycles. The molecule has 0 aromatic heterocycles. The van der Waals surface area contributed by atoms with Gasteiger partial charge in [0, 0.05) is 0 Å². The summed E-state index contributed by atoms with van der Waals surface area (Å²) < 4.78 is 0. The molecule has 0 unspecified atom stereocenters. The minimum Gasteiger partial charge on any atom is -0.285 e. The van der Waals surface area contributed by atoms with Crippen molar-refractivity contribution in [3.8, 4) is 0 Å². The number of hydroxylamine groups is 4. The third-order valence-corrected chi connectivity index (χ3v) is 2.75. The first-order valence-corrected chi connectivity index (χ1v) is 5.33. The van der Waals surface area contributed by atoms with Gasteiger partial charge in [-0.2, -0.15) is 0 Å². The van der Waals surface area contributed by atoms with Gasteiger partial charge < -0.3 is 0 Å². The zero-order chi connectivity index (χ0) is 12.6. The van der Waals surface area contributed by atoms with Gasteiger partial charge in [-0.05, 0) is 11.8 Å². The smallest absolute Gasteiger partial charge is 0.272 e. The van der Waals surface area contributed by atoms with E-state index in [4.69, 9.17) is 0 Å². The van der Waals surface area contributed by atoms with E-state index in [1.165, 1.54) is 0 Å². The van der Waals surface area contributed by atoms with Gasteiger partial charge in [-0.15, -0.1) is 0 Å². The largest absolute Gasteiger partial charge is 0.285 e. The molecule has 0 aromatic carbocycles. The molecule has 0 radical (unpaired) electrons. The quantitative estimate of drug-likeness (QED) is 0.676. The molecule has 6 nitrogen and oxygen atoms in total. The van der Waals surface area contributed by atoms with Crippen LogP contribution in [-0.2, 0) is 9.59 Å². The summed E-state index contributed by atoms with van der Waals surface area (Å²) in [4.78, 5) is 23.5. The predicted molar refractivity (Wildman–Crippen MR) is 54.5 cm³/mol. The molecule has 0 bridgehead atoms. The Labute approximate surface area is 94.4 Å². The summed E-state index contributed by atoms with van der Waals surface area (Å²) in [5.41, 5.74) is 0. The van der Waals surface area contributed by atoms with Crippen LogP contribution in [0.25, 0.3) is 0 Å². The van der Waals surface area contributed by atoms with Crippen molar-refractivity contribution in [1.82, 2.24) is 10.1 Å². The first-order chi connectivity index (χ1) is 7.29. The zero-order valence-corrected chi connectivity index (χ0v) is 9.91. The third kappa shape index (κ3) is 1.90. The maximum atomic E-state index is 11.8. The summed E-state index contributed by atoms with van der Waals surface area (Å²) >= 11 is 0. The summed E-state index contributed by atoms with van der Waals surface area (Å²) in [6.07, 6.45) is 0. The second-order valence-corrected chi connectivity index (χ2v) is 4.74. The van der Waals surface area contributed by atoms with Gasteiger partial charge in [-0.1, -0.05) is 27.7 Å². The minimum atomic E-state index is -1.01. The van der Waals surface area contributed by atoms with Crippen LogP contribution < -0.4 is 0 Å². The van der Waals surface area contributed by atoms with E-state index in [2.05, 4.69) is 0 Å². The molecule has 2 N–H and O–H groups in total. The van der Waals surface area contributed by atoms with E-state index >= 15 is 0 Å². The highest BCUT2D eigenvalue weighted by atomic mass is 16.5. The molecule has 0 saturated carbocycles. The first-order valence-electron chi connectivity index (χ1n) is 5.33. The standard InChI is InChI=1S/C10H18N2O4/c1-5(2)7-9(13)12(16)8(6(3)4)10(14)11(7)15/h5-8,15-16H,1-4H3/t7-,8+. The highest BCUT2D eigenvalue weighted by molar-refractivity contribution is 5.95. The van der Waals surface area contributed by atoms with Crippen LogP contribution in [0.5, 0.6) is 0 Å². The van der Waals surface area contributed by atoms with Crippen molar-refractivity contribution in [3.05, 3.63) is 0 Å². The highest BCUT2D eigenvalue weighted by Gasteiger charge is 2.47. The molecule has 2 atom stereocenters. The normalized spacial score (nSPS) is 27.2. The van der Waals surface area contributed by atoms with Gasteiger partial charge in [0.05, 0.1) is 0 Å². The summed E-state index contributed by atoms with van der Waals surface area (Å²) in [7, 11) is 0. The van der Waals surface area contributed by atoms with Gasteiger partial charge in [0.25, 0.3) is 11.8 Å². The number of amides is 2. The van der Waals surface area contributed by atoms with Crippen molar-refractivity contribution in [3.63, 3.8) is 0 Å². The first kappa shape index (κ1) is 12.9. The molecular weight excluding hydrogens is 212 g/mol. The average Bonchev–Trinajstić information content (AvgIpc) is 2.14. The fraction of sp³-hybridized carbons (Fsp3) is 0.800. The van der Waals surface area contributed by atoms with Gasteiger partial charge in [-0.25, -0.2) is 10.1 Å². The number of carbonyl (C=O) groups excluding carboxylic acids is 2. The van der Waals surface area contributed by atoms with Gasteiger partial charge in [0.1, 0.15) is 12.1 Å². The van der Waals surface area contributed by atoms with E-state index in [1.54, 1.807) is 27.7 Å². The average molecular weight is 230 g/mol. The van der Waals surface area contributed by atoms with E-state index in [-0.39, 0.29) is 11.8 Å².